The number of carbonyl (C=O) groups excluding carboxylic acids is 1. The number of anilines is 1. The molecule has 0 saturated carbocycles. The zero-order valence-corrected chi connectivity index (χ0v) is 17.4. The Morgan fingerprint density at radius 3 is 2.42 bits per heavy atom. The van der Waals surface area contributed by atoms with Crippen molar-refractivity contribution in [2.45, 2.75) is 39.9 Å². The summed E-state index contributed by atoms with van der Waals surface area (Å²) in [7, 11) is 2.11. The zero-order chi connectivity index (χ0) is 17.7. The van der Waals surface area contributed by atoms with Gasteiger partial charge in [0.05, 0.1) is 0 Å². The van der Waals surface area contributed by atoms with Crippen molar-refractivity contribution < 1.29 is 4.79 Å². The molecule has 0 spiro atoms. The van der Waals surface area contributed by atoms with E-state index in [2.05, 4.69) is 43.2 Å². The molecule has 0 aromatic heterocycles. The van der Waals surface area contributed by atoms with E-state index in [9.17, 15) is 4.79 Å². The van der Waals surface area contributed by atoms with Crippen LogP contribution in [0.25, 0.3) is 0 Å². The number of nitrogens with two attached hydrogens (primary N) is 1. The molecule has 6 heteroatoms. The van der Waals surface area contributed by atoms with Crippen LogP contribution in [0.3, 0.4) is 0 Å². The van der Waals surface area contributed by atoms with Gasteiger partial charge in [0.1, 0.15) is 0 Å². The fourth-order valence-corrected chi connectivity index (χ4v) is 2.47. The predicted octanol–water partition coefficient (Wildman–Crippen LogP) is 4.19. The molecule has 0 heterocycles. The van der Waals surface area contributed by atoms with Crippen LogP contribution in [-0.2, 0) is 13.1 Å². The third-order valence-electron chi connectivity index (χ3n) is 4.26. The Hall–Kier alpha value is -1.75. The number of benzene rings is 2. The molecule has 0 radical (unpaired) electrons. The number of hydrogen-bond donors (Lipinski definition) is 2. The number of aryl methyl sites for hydroxylation is 1. The smallest absolute Gasteiger partial charge is 0.251 e. The van der Waals surface area contributed by atoms with Gasteiger partial charge in [-0.1, -0.05) is 30.3 Å². The standard InChI is InChI=1S/C20H27N3O.2ClH/c1-14(2)23(4)13-17-7-5-6-16(10-17)12-22-20(24)19-11-18(21)9-8-15(19)3;;/h5-11,14H,12-13,21H2,1-4H3,(H,22,24);2*1H. The summed E-state index contributed by atoms with van der Waals surface area (Å²) in [6, 6.07) is 14.2. The highest BCUT2D eigenvalue weighted by Crippen LogP contribution is 2.13. The second-order valence-corrected chi connectivity index (χ2v) is 6.59. The van der Waals surface area contributed by atoms with Crippen LogP contribution in [0, 0.1) is 6.92 Å². The lowest BCUT2D eigenvalue weighted by atomic mass is 10.1. The number of halogens is 2. The summed E-state index contributed by atoms with van der Waals surface area (Å²) in [5, 5.41) is 2.98. The van der Waals surface area contributed by atoms with Crippen molar-refractivity contribution in [3.05, 3.63) is 64.7 Å². The van der Waals surface area contributed by atoms with Gasteiger partial charge in [0.2, 0.25) is 0 Å². The first-order chi connectivity index (χ1) is 11.4. The number of nitrogen functional groups attached to an aromatic ring is 1. The fraction of sp³-hybridized carbons (Fsp3) is 0.350. The van der Waals surface area contributed by atoms with Gasteiger partial charge in [0, 0.05) is 30.4 Å². The van der Waals surface area contributed by atoms with Crippen LogP contribution in [-0.4, -0.2) is 23.9 Å². The Bertz CT molecular complexity index is 720. The molecule has 3 N–H and O–H groups in total. The van der Waals surface area contributed by atoms with Crippen molar-refractivity contribution in [1.82, 2.24) is 10.2 Å². The van der Waals surface area contributed by atoms with Crippen molar-refractivity contribution in [2.24, 2.45) is 0 Å². The van der Waals surface area contributed by atoms with E-state index in [1.807, 2.05) is 25.1 Å². The van der Waals surface area contributed by atoms with Crippen molar-refractivity contribution in [1.29, 1.82) is 0 Å². The number of hydrogen-bond acceptors (Lipinski definition) is 3. The molecule has 2 aromatic rings. The second kappa shape index (κ2) is 11.1. The highest BCUT2D eigenvalue weighted by Gasteiger charge is 2.10. The normalized spacial score (nSPS) is 10.2. The Morgan fingerprint density at radius 1 is 1.12 bits per heavy atom. The highest BCUT2D eigenvalue weighted by atomic mass is 35.5. The molecule has 2 rings (SSSR count). The van der Waals surface area contributed by atoms with E-state index in [0.717, 1.165) is 17.7 Å². The van der Waals surface area contributed by atoms with Crippen molar-refractivity contribution in [3.63, 3.8) is 0 Å². The van der Waals surface area contributed by atoms with E-state index in [0.29, 0.717) is 23.8 Å². The van der Waals surface area contributed by atoms with Crippen LogP contribution < -0.4 is 11.1 Å². The molecule has 2 aromatic carbocycles. The van der Waals surface area contributed by atoms with Gasteiger partial charge in [-0.2, -0.15) is 0 Å². The molecule has 0 unspecified atom stereocenters. The van der Waals surface area contributed by atoms with Crippen LogP contribution >= 0.6 is 24.8 Å². The molecule has 0 aliphatic rings. The molecule has 0 fully saturated rings. The highest BCUT2D eigenvalue weighted by molar-refractivity contribution is 5.96. The van der Waals surface area contributed by atoms with Crippen LogP contribution in [0.4, 0.5) is 5.69 Å². The summed E-state index contributed by atoms with van der Waals surface area (Å²) in [5.41, 5.74) is 10.3. The van der Waals surface area contributed by atoms with E-state index >= 15 is 0 Å². The molecule has 0 bridgehead atoms. The van der Waals surface area contributed by atoms with Gasteiger partial charge >= 0.3 is 0 Å². The lowest BCUT2D eigenvalue weighted by molar-refractivity contribution is 0.0950. The summed E-state index contributed by atoms with van der Waals surface area (Å²) in [6.07, 6.45) is 0. The Kier molecular flexibility index (Phi) is 10.3. The van der Waals surface area contributed by atoms with Crippen molar-refractivity contribution in [2.75, 3.05) is 12.8 Å². The number of carbonyl (C=O) groups is 1. The maximum absolute atomic E-state index is 12.4. The lowest BCUT2D eigenvalue weighted by Crippen LogP contribution is -2.26. The molecule has 144 valence electrons. The molecular weight excluding hydrogens is 369 g/mol. The largest absolute Gasteiger partial charge is 0.399 e. The average molecular weight is 398 g/mol. The molecular formula is C20H29Cl2N3O. The number of amides is 1. The van der Waals surface area contributed by atoms with Crippen LogP contribution in [0.1, 0.15) is 40.9 Å². The summed E-state index contributed by atoms with van der Waals surface area (Å²) >= 11 is 0. The van der Waals surface area contributed by atoms with Crippen LogP contribution in [0.2, 0.25) is 0 Å². The summed E-state index contributed by atoms with van der Waals surface area (Å²) in [4.78, 5) is 14.7. The van der Waals surface area contributed by atoms with Gasteiger partial charge in [-0.15, -0.1) is 24.8 Å². The minimum absolute atomic E-state index is 0. The fourth-order valence-electron chi connectivity index (χ4n) is 2.47. The van der Waals surface area contributed by atoms with Crippen LogP contribution in [0.5, 0.6) is 0 Å². The minimum Gasteiger partial charge on any atom is -0.399 e. The van der Waals surface area contributed by atoms with E-state index in [-0.39, 0.29) is 30.7 Å². The molecule has 0 saturated heterocycles. The average Bonchev–Trinajstić information content (AvgIpc) is 2.55. The van der Waals surface area contributed by atoms with Gasteiger partial charge in [0.25, 0.3) is 5.91 Å². The van der Waals surface area contributed by atoms with E-state index in [1.54, 1.807) is 12.1 Å². The summed E-state index contributed by atoms with van der Waals surface area (Å²) < 4.78 is 0. The first-order valence-corrected chi connectivity index (χ1v) is 8.29. The number of rotatable bonds is 6. The minimum atomic E-state index is -0.0931. The monoisotopic (exact) mass is 397 g/mol. The first-order valence-electron chi connectivity index (χ1n) is 8.29. The molecule has 0 aliphatic carbocycles. The van der Waals surface area contributed by atoms with E-state index in [1.165, 1.54) is 5.56 Å². The maximum Gasteiger partial charge on any atom is 0.251 e. The Morgan fingerprint density at radius 2 is 1.77 bits per heavy atom. The number of nitrogens with one attached hydrogen (secondary N) is 1. The molecule has 1 amide bonds. The van der Waals surface area contributed by atoms with E-state index < -0.39 is 0 Å². The molecule has 0 atom stereocenters. The van der Waals surface area contributed by atoms with Gasteiger partial charge < -0.3 is 11.1 Å². The van der Waals surface area contributed by atoms with Gasteiger partial charge in [-0.05, 0) is 56.6 Å². The maximum atomic E-state index is 12.4. The first kappa shape index (κ1) is 24.2. The molecule has 26 heavy (non-hydrogen) atoms. The Labute approximate surface area is 169 Å². The van der Waals surface area contributed by atoms with E-state index in [4.69, 9.17) is 5.73 Å². The third kappa shape index (κ3) is 6.87. The van der Waals surface area contributed by atoms with Gasteiger partial charge in [-0.25, -0.2) is 0 Å². The Balaban J connectivity index is 0.00000312. The topological polar surface area (TPSA) is 58.4 Å². The predicted molar refractivity (Wildman–Crippen MR) is 114 cm³/mol. The molecule has 0 aliphatic heterocycles. The van der Waals surface area contributed by atoms with Crippen molar-refractivity contribution in [3.8, 4) is 0 Å². The van der Waals surface area contributed by atoms with Crippen molar-refractivity contribution >= 4 is 36.4 Å². The lowest BCUT2D eigenvalue weighted by Gasteiger charge is -2.21. The third-order valence-corrected chi connectivity index (χ3v) is 4.26. The zero-order valence-electron chi connectivity index (χ0n) is 15.8. The SMILES string of the molecule is Cc1ccc(N)cc1C(=O)NCc1cccc(CN(C)C(C)C)c1.Cl.Cl. The van der Waals surface area contributed by atoms with Gasteiger partial charge in [0.15, 0.2) is 0 Å². The van der Waals surface area contributed by atoms with Crippen LogP contribution in [0.15, 0.2) is 42.5 Å². The summed E-state index contributed by atoms with van der Waals surface area (Å²) in [6.45, 7) is 7.67. The second-order valence-electron chi connectivity index (χ2n) is 6.59. The number of nitrogens with zero attached hydrogens (tertiary/aromatic N) is 1. The summed E-state index contributed by atoms with van der Waals surface area (Å²) in [5.74, 6) is -0.0931. The quantitative estimate of drug-likeness (QED) is 0.718. The van der Waals surface area contributed by atoms with Gasteiger partial charge in [-0.3, -0.25) is 9.69 Å². The molecule has 4 nitrogen and oxygen atoms in total.